The summed E-state index contributed by atoms with van der Waals surface area (Å²) >= 11 is 1.76. The van der Waals surface area contributed by atoms with Gasteiger partial charge in [0.2, 0.25) is 0 Å². The maximum absolute atomic E-state index is 5.62. The van der Waals surface area contributed by atoms with Gasteiger partial charge in [0.25, 0.3) is 0 Å². The number of benzene rings is 1. The topological polar surface area (TPSA) is 72.2 Å². The molecular formula is C23H29N7OS. The molecule has 2 aliphatic heterocycles. The fraction of sp³-hybridized carbons (Fsp3) is 0.478. The van der Waals surface area contributed by atoms with Crippen molar-refractivity contribution >= 4 is 17.4 Å². The monoisotopic (exact) mass is 451 g/mol. The van der Waals surface area contributed by atoms with E-state index >= 15 is 0 Å². The number of anilines is 1. The molecule has 0 amide bonds. The number of nitrogens with zero attached hydrogens (tertiary/aromatic N) is 7. The molecule has 0 N–H and O–H groups in total. The summed E-state index contributed by atoms with van der Waals surface area (Å²) in [5.74, 6) is 3.51. The van der Waals surface area contributed by atoms with Crippen molar-refractivity contribution in [3.63, 3.8) is 0 Å². The van der Waals surface area contributed by atoms with Gasteiger partial charge >= 0.3 is 0 Å². The third-order valence-corrected chi connectivity index (χ3v) is 7.60. The zero-order valence-corrected chi connectivity index (χ0v) is 19.4. The summed E-state index contributed by atoms with van der Waals surface area (Å²) in [4.78, 5) is 13.6. The van der Waals surface area contributed by atoms with Gasteiger partial charge in [0, 0.05) is 50.9 Å². The average Bonchev–Trinajstić information content (AvgIpc) is 3.52. The van der Waals surface area contributed by atoms with E-state index in [1.165, 1.54) is 18.7 Å². The summed E-state index contributed by atoms with van der Waals surface area (Å²) in [6.07, 6.45) is 7.45. The predicted octanol–water partition coefficient (Wildman–Crippen LogP) is 2.97. The normalized spacial score (nSPS) is 20.6. The molecule has 2 unspecified atom stereocenters. The van der Waals surface area contributed by atoms with Gasteiger partial charge < -0.3 is 19.1 Å². The summed E-state index contributed by atoms with van der Waals surface area (Å²) in [7, 11) is 3.75. The van der Waals surface area contributed by atoms with Gasteiger partial charge in [-0.15, -0.1) is 10.2 Å². The van der Waals surface area contributed by atoms with Crippen LogP contribution in [0.4, 0.5) is 5.69 Å². The highest BCUT2D eigenvalue weighted by atomic mass is 32.2. The molecule has 9 heteroatoms. The Balaban J connectivity index is 1.12. The maximum atomic E-state index is 5.62. The van der Waals surface area contributed by atoms with E-state index in [1.54, 1.807) is 37.5 Å². The molecule has 0 saturated carbocycles. The van der Waals surface area contributed by atoms with Crippen molar-refractivity contribution in [1.29, 1.82) is 0 Å². The molecule has 3 aromatic rings. The van der Waals surface area contributed by atoms with Gasteiger partial charge in [-0.3, -0.25) is 4.98 Å². The van der Waals surface area contributed by atoms with Crippen LogP contribution < -0.4 is 9.64 Å². The van der Waals surface area contributed by atoms with Crippen molar-refractivity contribution in [2.24, 2.45) is 13.0 Å². The molecule has 2 fully saturated rings. The SMILES string of the molecule is COc1ccccc1N1CCC2CN(CCCSc3nnc(-c4cnccn4)n3C)CC21. The number of fused-ring (bicyclic) bond motifs is 1. The van der Waals surface area contributed by atoms with E-state index in [9.17, 15) is 0 Å². The number of aromatic nitrogens is 5. The maximum Gasteiger partial charge on any atom is 0.191 e. The first-order chi connectivity index (χ1) is 15.7. The van der Waals surface area contributed by atoms with Crippen LogP contribution in [0.25, 0.3) is 11.5 Å². The number of thioether (sulfide) groups is 1. The van der Waals surface area contributed by atoms with E-state index in [1.807, 2.05) is 17.7 Å². The highest BCUT2D eigenvalue weighted by Crippen LogP contribution is 2.39. The molecule has 8 nitrogen and oxygen atoms in total. The number of ether oxygens (including phenoxy) is 1. The van der Waals surface area contributed by atoms with Crippen molar-refractivity contribution in [2.75, 3.05) is 43.9 Å². The largest absolute Gasteiger partial charge is 0.495 e. The Bertz CT molecular complexity index is 1040. The van der Waals surface area contributed by atoms with Crippen LogP contribution in [0.15, 0.2) is 48.0 Å². The molecule has 0 spiro atoms. The Morgan fingerprint density at radius 2 is 2.06 bits per heavy atom. The van der Waals surface area contributed by atoms with Crippen molar-refractivity contribution in [1.82, 2.24) is 29.6 Å². The number of para-hydroxylation sites is 2. The van der Waals surface area contributed by atoms with E-state index in [0.717, 1.165) is 60.2 Å². The van der Waals surface area contributed by atoms with Crippen LogP contribution in [0, 0.1) is 5.92 Å². The van der Waals surface area contributed by atoms with Gasteiger partial charge in [0.15, 0.2) is 11.0 Å². The number of likely N-dealkylation sites (tertiary alicyclic amines) is 1. The minimum atomic E-state index is 0.590. The van der Waals surface area contributed by atoms with Gasteiger partial charge in [-0.2, -0.15) is 0 Å². The van der Waals surface area contributed by atoms with Crippen LogP contribution in [0.2, 0.25) is 0 Å². The van der Waals surface area contributed by atoms with E-state index in [2.05, 4.69) is 48.2 Å². The minimum Gasteiger partial charge on any atom is -0.495 e. The van der Waals surface area contributed by atoms with Crippen LogP contribution in [0.3, 0.4) is 0 Å². The third-order valence-electron chi connectivity index (χ3n) is 6.49. The van der Waals surface area contributed by atoms with Gasteiger partial charge in [0.05, 0.1) is 19.0 Å². The molecule has 168 valence electrons. The summed E-state index contributed by atoms with van der Waals surface area (Å²) in [5, 5.41) is 9.56. The molecule has 1 aromatic carbocycles. The van der Waals surface area contributed by atoms with Crippen molar-refractivity contribution in [2.45, 2.75) is 24.0 Å². The fourth-order valence-corrected chi connectivity index (χ4v) is 5.76. The van der Waals surface area contributed by atoms with E-state index in [0.29, 0.717) is 6.04 Å². The van der Waals surface area contributed by atoms with Gasteiger partial charge in [-0.1, -0.05) is 23.9 Å². The molecule has 4 heterocycles. The molecule has 0 radical (unpaired) electrons. The molecule has 2 aliphatic rings. The van der Waals surface area contributed by atoms with Crippen molar-refractivity contribution in [3.05, 3.63) is 42.9 Å². The number of hydrogen-bond acceptors (Lipinski definition) is 8. The zero-order chi connectivity index (χ0) is 21.9. The molecule has 2 atom stereocenters. The number of rotatable bonds is 8. The molecule has 32 heavy (non-hydrogen) atoms. The second kappa shape index (κ2) is 9.46. The van der Waals surface area contributed by atoms with Gasteiger partial charge in [0.1, 0.15) is 11.4 Å². The molecular weight excluding hydrogens is 422 g/mol. The first kappa shape index (κ1) is 21.2. The Labute approximate surface area is 193 Å². The highest BCUT2D eigenvalue weighted by Gasteiger charge is 2.41. The van der Waals surface area contributed by atoms with Crippen LogP contribution in [-0.4, -0.2) is 74.7 Å². The molecule has 0 bridgehead atoms. The second-order valence-corrected chi connectivity index (χ2v) is 9.46. The van der Waals surface area contributed by atoms with E-state index in [-0.39, 0.29) is 0 Å². The standard InChI is InChI=1S/C23H29N7OS/c1-28-22(18-14-24-9-10-25-18)26-27-23(28)32-13-5-11-29-15-17-8-12-30(20(17)16-29)19-6-3-4-7-21(19)31-2/h3-4,6-7,9-10,14,17,20H,5,8,11-13,15-16H2,1-2H3. The van der Waals surface area contributed by atoms with E-state index in [4.69, 9.17) is 4.74 Å². The smallest absolute Gasteiger partial charge is 0.191 e. The van der Waals surface area contributed by atoms with Crippen molar-refractivity contribution in [3.8, 4) is 17.3 Å². The van der Waals surface area contributed by atoms with Crippen LogP contribution in [0.5, 0.6) is 5.75 Å². The Morgan fingerprint density at radius 1 is 1.16 bits per heavy atom. The lowest BCUT2D eigenvalue weighted by Crippen LogP contribution is -2.35. The lowest BCUT2D eigenvalue weighted by molar-refractivity contribution is 0.318. The van der Waals surface area contributed by atoms with Crippen LogP contribution in [-0.2, 0) is 7.05 Å². The quantitative estimate of drug-likeness (QED) is 0.382. The predicted molar refractivity (Wildman–Crippen MR) is 126 cm³/mol. The zero-order valence-electron chi connectivity index (χ0n) is 18.6. The summed E-state index contributed by atoms with van der Waals surface area (Å²) in [5.41, 5.74) is 1.98. The van der Waals surface area contributed by atoms with E-state index < -0.39 is 0 Å². The Kier molecular flexibility index (Phi) is 6.27. The molecule has 2 aromatic heterocycles. The number of hydrogen-bond donors (Lipinski definition) is 0. The second-order valence-electron chi connectivity index (χ2n) is 8.40. The van der Waals surface area contributed by atoms with Gasteiger partial charge in [-0.25, -0.2) is 4.98 Å². The fourth-order valence-electron chi connectivity index (χ4n) is 4.93. The first-order valence-electron chi connectivity index (χ1n) is 11.1. The minimum absolute atomic E-state index is 0.590. The molecule has 2 saturated heterocycles. The number of methoxy groups -OCH3 is 1. The summed E-state index contributed by atoms with van der Waals surface area (Å²) < 4.78 is 7.62. The third kappa shape index (κ3) is 4.19. The van der Waals surface area contributed by atoms with Crippen LogP contribution >= 0.6 is 11.8 Å². The highest BCUT2D eigenvalue weighted by molar-refractivity contribution is 7.99. The molecule has 0 aliphatic carbocycles. The van der Waals surface area contributed by atoms with Gasteiger partial charge in [-0.05, 0) is 37.4 Å². The Hall–Kier alpha value is -2.65. The lowest BCUT2D eigenvalue weighted by atomic mass is 10.0. The first-order valence-corrected chi connectivity index (χ1v) is 12.1. The summed E-state index contributed by atoms with van der Waals surface area (Å²) in [6, 6.07) is 9.00. The lowest BCUT2D eigenvalue weighted by Gasteiger charge is -2.28. The molecule has 5 rings (SSSR count). The average molecular weight is 452 g/mol. The summed E-state index contributed by atoms with van der Waals surface area (Å²) in [6.45, 7) is 4.57. The van der Waals surface area contributed by atoms with Crippen molar-refractivity contribution < 1.29 is 4.74 Å². The Morgan fingerprint density at radius 3 is 2.91 bits per heavy atom. The van der Waals surface area contributed by atoms with Crippen LogP contribution in [0.1, 0.15) is 12.8 Å².